The van der Waals surface area contributed by atoms with Crippen LogP contribution in [0.2, 0.25) is 0 Å². The number of hydrogen-bond acceptors (Lipinski definition) is 2. The topological polar surface area (TPSA) is 29.5 Å². The number of rotatable bonds is 5. The first kappa shape index (κ1) is 15.9. The van der Waals surface area contributed by atoms with E-state index in [1.54, 1.807) is 24.3 Å². The van der Waals surface area contributed by atoms with Gasteiger partial charge in [-0.1, -0.05) is 12.1 Å². The Bertz CT molecular complexity index is 632. The third-order valence-corrected chi connectivity index (χ3v) is 3.70. The second-order valence-corrected chi connectivity index (χ2v) is 5.40. The summed E-state index contributed by atoms with van der Waals surface area (Å²) in [6, 6.07) is 9.34. The van der Waals surface area contributed by atoms with Crippen molar-refractivity contribution in [3.63, 3.8) is 0 Å². The molecule has 2 aromatic carbocycles. The molecule has 0 aliphatic heterocycles. The maximum atomic E-state index is 13.9. The van der Waals surface area contributed by atoms with Crippen molar-refractivity contribution in [2.24, 2.45) is 0 Å². The van der Waals surface area contributed by atoms with E-state index >= 15 is 0 Å². The minimum Gasteiger partial charge on any atom is -0.494 e. The van der Waals surface area contributed by atoms with Gasteiger partial charge in [-0.05, 0) is 52.7 Å². The van der Waals surface area contributed by atoms with Crippen molar-refractivity contribution in [3.8, 4) is 5.75 Å². The van der Waals surface area contributed by atoms with Gasteiger partial charge >= 0.3 is 0 Å². The molecule has 21 heavy (non-hydrogen) atoms. The van der Waals surface area contributed by atoms with Crippen LogP contribution in [0.15, 0.2) is 40.9 Å². The van der Waals surface area contributed by atoms with Crippen LogP contribution in [0.1, 0.15) is 24.2 Å². The predicted molar refractivity (Wildman–Crippen MR) is 80.3 cm³/mol. The third-order valence-electron chi connectivity index (χ3n) is 3.09. The Kier molecular flexibility index (Phi) is 5.31. The van der Waals surface area contributed by atoms with Crippen molar-refractivity contribution in [2.75, 3.05) is 6.61 Å². The Hall–Kier alpha value is -1.46. The molecule has 0 amide bonds. The van der Waals surface area contributed by atoms with Gasteiger partial charge in [-0.3, -0.25) is 0 Å². The summed E-state index contributed by atoms with van der Waals surface area (Å²) in [5.74, 6) is -0.741. The van der Waals surface area contributed by atoms with E-state index in [-0.39, 0.29) is 16.5 Å². The third kappa shape index (κ3) is 3.80. The van der Waals surface area contributed by atoms with Crippen molar-refractivity contribution in [1.29, 1.82) is 0 Å². The molecule has 0 bridgehead atoms. The average Bonchev–Trinajstić information content (AvgIpc) is 2.48. The second-order valence-electron chi connectivity index (χ2n) is 4.55. The van der Waals surface area contributed by atoms with E-state index in [1.807, 2.05) is 6.92 Å². The van der Waals surface area contributed by atoms with Gasteiger partial charge in [0.1, 0.15) is 17.4 Å². The summed E-state index contributed by atoms with van der Waals surface area (Å²) in [6.45, 7) is 2.36. The molecule has 5 heteroatoms. The van der Waals surface area contributed by atoms with Gasteiger partial charge in [-0.2, -0.15) is 0 Å². The highest BCUT2D eigenvalue weighted by Gasteiger charge is 2.17. The first-order valence-electron chi connectivity index (χ1n) is 6.56. The molecule has 1 N–H and O–H groups in total. The summed E-state index contributed by atoms with van der Waals surface area (Å²) >= 11 is 3.02. The molecule has 0 aromatic heterocycles. The van der Waals surface area contributed by atoms with E-state index < -0.39 is 17.7 Å². The average molecular weight is 357 g/mol. The molecule has 0 fully saturated rings. The van der Waals surface area contributed by atoms with Gasteiger partial charge in [0.15, 0.2) is 0 Å². The highest BCUT2D eigenvalue weighted by Crippen LogP contribution is 2.27. The number of halogens is 3. The van der Waals surface area contributed by atoms with E-state index in [0.717, 1.165) is 0 Å². The lowest BCUT2D eigenvalue weighted by Crippen LogP contribution is -2.06. The van der Waals surface area contributed by atoms with Crippen molar-refractivity contribution in [3.05, 3.63) is 63.6 Å². The van der Waals surface area contributed by atoms with Gasteiger partial charge < -0.3 is 9.84 Å². The Morgan fingerprint density at radius 3 is 2.71 bits per heavy atom. The van der Waals surface area contributed by atoms with Gasteiger partial charge in [0, 0.05) is 12.0 Å². The second kappa shape index (κ2) is 7.00. The molecule has 0 saturated carbocycles. The highest BCUT2D eigenvalue weighted by molar-refractivity contribution is 9.10. The molecule has 2 aromatic rings. The molecule has 1 unspecified atom stereocenters. The van der Waals surface area contributed by atoms with E-state index in [4.69, 9.17) is 4.74 Å². The van der Waals surface area contributed by atoms with E-state index in [1.165, 1.54) is 12.1 Å². The predicted octanol–water partition coefficient (Wildman–Crippen LogP) is 4.40. The monoisotopic (exact) mass is 356 g/mol. The van der Waals surface area contributed by atoms with E-state index in [0.29, 0.717) is 17.9 Å². The van der Waals surface area contributed by atoms with E-state index in [2.05, 4.69) is 15.9 Å². The molecule has 0 aliphatic carbocycles. The maximum Gasteiger partial charge on any atom is 0.143 e. The standard InChI is InChI=1S/C16H15BrF2O2/c1-2-21-11-5-3-4-10(8-11)15(20)9-12-14(18)7-6-13(17)16(12)19/h3-8,15,20H,2,9H2,1H3. The van der Waals surface area contributed by atoms with Gasteiger partial charge in [-0.25, -0.2) is 8.78 Å². The van der Waals surface area contributed by atoms with Crippen LogP contribution in [-0.2, 0) is 6.42 Å². The molecular weight excluding hydrogens is 342 g/mol. The summed E-state index contributed by atoms with van der Waals surface area (Å²) in [7, 11) is 0. The smallest absolute Gasteiger partial charge is 0.143 e. The zero-order valence-corrected chi connectivity index (χ0v) is 13.0. The van der Waals surface area contributed by atoms with Gasteiger partial charge in [-0.15, -0.1) is 0 Å². The Labute approximate surface area is 130 Å². The van der Waals surface area contributed by atoms with Crippen LogP contribution in [-0.4, -0.2) is 11.7 Å². The van der Waals surface area contributed by atoms with Crippen LogP contribution >= 0.6 is 15.9 Å². The van der Waals surface area contributed by atoms with Crippen LogP contribution in [0.5, 0.6) is 5.75 Å². The lowest BCUT2D eigenvalue weighted by Gasteiger charge is -2.14. The van der Waals surface area contributed by atoms with E-state index in [9.17, 15) is 13.9 Å². The SMILES string of the molecule is CCOc1cccc(C(O)Cc2c(F)ccc(Br)c2F)c1. The molecule has 1 atom stereocenters. The fourth-order valence-corrected chi connectivity index (χ4v) is 2.42. The molecule has 112 valence electrons. The first-order chi connectivity index (χ1) is 10.0. The number of aliphatic hydroxyl groups is 1. The molecule has 0 radical (unpaired) electrons. The van der Waals surface area contributed by atoms with Crippen LogP contribution in [0, 0.1) is 11.6 Å². The molecular formula is C16H15BrF2O2. The van der Waals surface area contributed by atoms with Crippen LogP contribution in [0.25, 0.3) is 0 Å². The maximum absolute atomic E-state index is 13.9. The Balaban J connectivity index is 2.24. The highest BCUT2D eigenvalue weighted by atomic mass is 79.9. The summed E-state index contributed by atoms with van der Waals surface area (Å²) in [6.07, 6.45) is -1.16. The summed E-state index contributed by atoms with van der Waals surface area (Å²) < 4.78 is 33.1. The minimum atomic E-state index is -1.01. The number of hydrogen-bond donors (Lipinski definition) is 1. The fourth-order valence-electron chi connectivity index (χ4n) is 2.05. The Morgan fingerprint density at radius 1 is 1.24 bits per heavy atom. The summed E-state index contributed by atoms with van der Waals surface area (Å²) in [5.41, 5.74) is 0.415. The number of ether oxygens (including phenoxy) is 1. The van der Waals surface area contributed by atoms with Gasteiger partial charge in [0.25, 0.3) is 0 Å². The summed E-state index contributed by atoms with van der Waals surface area (Å²) in [4.78, 5) is 0. The number of benzene rings is 2. The lowest BCUT2D eigenvalue weighted by atomic mass is 10.0. The molecule has 0 spiro atoms. The largest absolute Gasteiger partial charge is 0.494 e. The quantitative estimate of drug-likeness (QED) is 0.804. The Morgan fingerprint density at radius 2 is 2.00 bits per heavy atom. The molecule has 0 aliphatic rings. The van der Waals surface area contributed by atoms with Gasteiger partial charge in [0.2, 0.25) is 0 Å². The molecule has 2 rings (SSSR count). The van der Waals surface area contributed by atoms with Crippen LogP contribution < -0.4 is 4.74 Å². The molecule has 2 nitrogen and oxygen atoms in total. The number of aliphatic hydroxyl groups excluding tert-OH is 1. The van der Waals surface area contributed by atoms with Crippen LogP contribution in [0.3, 0.4) is 0 Å². The van der Waals surface area contributed by atoms with Crippen molar-refractivity contribution in [1.82, 2.24) is 0 Å². The van der Waals surface area contributed by atoms with Crippen LogP contribution in [0.4, 0.5) is 8.78 Å². The lowest BCUT2D eigenvalue weighted by molar-refractivity contribution is 0.175. The van der Waals surface area contributed by atoms with Gasteiger partial charge in [0.05, 0.1) is 17.2 Å². The fraction of sp³-hybridized carbons (Fsp3) is 0.250. The zero-order valence-electron chi connectivity index (χ0n) is 11.4. The first-order valence-corrected chi connectivity index (χ1v) is 7.35. The van der Waals surface area contributed by atoms with Crippen molar-refractivity contribution in [2.45, 2.75) is 19.4 Å². The zero-order chi connectivity index (χ0) is 15.4. The molecule has 0 heterocycles. The normalized spacial score (nSPS) is 12.2. The molecule has 0 saturated heterocycles. The summed E-state index contributed by atoms with van der Waals surface area (Å²) in [5, 5.41) is 10.2. The van der Waals surface area contributed by atoms with Crippen molar-refractivity contribution >= 4 is 15.9 Å². The minimum absolute atomic E-state index is 0.140. The van der Waals surface area contributed by atoms with Crippen molar-refractivity contribution < 1.29 is 18.6 Å².